The maximum atomic E-state index is 12.9. The smallest absolute Gasteiger partial charge is 0.307 e. The first kappa shape index (κ1) is 13.8. The molecule has 1 fully saturated rings. The van der Waals surface area contributed by atoms with Crippen molar-refractivity contribution in [3.8, 4) is 6.07 Å². The lowest BCUT2D eigenvalue weighted by Crippen LogP contribution is -2.26. The number of hydrogen-bond acceptors (Lipinski definition) is 4. The quantitative estimate of drug-likeness (QED) is 0.778. The molecule has 0 aromatic heterocycles. The SMILES string of the molecule is N#Cc1cc(N2CC(S(=O)(=O)F)CC2=O)ccc1Cl. The molecule has 19 heavy (non-hydrogen) atoms. The van der Waals surface area contributed by atoms with E-state index >= 15 is 0 Å². The molecule has 0 N–H and O–H groups in total. The van der Waals surface area contributed by atoms with E-state index < -0.39 is 27.8 Å². The van der Waals surface area contributed by atoms with Gasteiger partial charge < -0.3 is 4.90 Å². The molecule has 5 nitrogen and oxygen atoms in total. The van der Waals surface area contributed by atoms with Gasteiger partial charge in [-0.25, -0.2) is 0 Å². The number of anilines is 1. The third kappa shape index (κ3) is 2.69. The highest BCUT2D eigenvalue weighted by molar-refractivity contribution is 7.87. The molecular weight excluding hydrogens is 295 g/mol. The number of halogens is 2. The van der Waals surface area contributed by atoms with E-state index in [2.05, 4.69) is 0 Å². The van der Waals surface area contributed by atoms with Gasteiger partial charge in [-0.3, -0.25) is 4.79 Å². The Morgan fingerprint density at radius 2 is 2.16 bits per heavy atom. The molecule has 1 heterocycles. The Morgan fingerprint density at radius 1 is 1.47 bits per heavy atom. The molecule has 1 unspecified atom stereocenters. The van der Waals surface area contributed by atoms with Crippen molar-refractivity contribution in [2.45, 2.75) is 11.7 Å². The molecule has 0 spiro atoms. The van der Waals surface area contributed by atoms with Crippen molar-refractivity contribution < 1.29 is 17.1 Å². The fourth-order valence-electron chi connectivity index (χ4n) is 1.88. The first-order chi connectivity index (χ1) is 8.82. The van der Waals surface area contributed by atoms with Crippen molar-refractivity contribution in [3.63, 3.8) is 0 Å². The molecule has 100 valence electrons. The van der Waals surface area contributed by atoms with Gasteiger partial charge in [-0.1, -0.05) is 11.6 Å². The Bertz CT molecular complexity index is 684. The van der Waals surface area contributed by atoms with Crippen LogP contribution in [0.25, 0.3) is 0 Å². The van der Waals surface area contributed by atoms with Crippen LogP contribution in [0.15, 0.2) is 18.2 Å². The van der Waals surface area contributed by atoms with Crippen LogP contribution in [0.4, 0.5) is 9.57 Å². The Hall–Kier alpha value is -1.65. The Kier molecular flexibility index (Phi) is 3.47. The molecule has 2 rings (SSSR count). The van der Waals surface area contributed by atoms with E-state index in [0.29, 0.717) is 5.69 Å². The van der Waals surface area contributed by atoms with E-state index in [1.54, 1.807) is 0 Å². The fraction of sp³-hybridized carbons (Fsp3) is 0.273. The average Bonchev–Trinajstić information content (AvgIpc) is 2.72. The van der Waals surface area contributed by atoms with Gasteiger partial charge in [0.25, 0.3) is 0 Å². The Morgan fingerprint density at radius 3 is 2.68 bits per heavy atom. The van der Waals surface area contributed by atoms with Gasteiger partial charge in [-0.2, -0.15) is 13.7 Å². The second-order valence-corrected chi connectivity index (χ2v) is 6.11. The normalized spacial score (nSPS) is 19.5. The zero-order valence-electron chi connectivity index (χ0n) is 9.51. The summed E-state index contributed by atoms with van der Waals surface area (Å²) in [6.45, 7) is -0.260. The Balaban J connectivity index is 2.34. The summed E-state index contributed by atoms with van der Waals surface area (Å²) in [6, 6.07) is 6.13. The minimum Gasteiger partial charge on any atom is -0.311 e. The number of carbonyl (C=O) groups excluding carboxylic acids is 1. The Labute approximate surface area is 114 Å². The topological polar surface area (TPSA) is 78.2 Å². The minimum atomic E-state index is -4.75. The molecule has 8 heteroatoms. The fourth-order valence-corrected chi connectivity index (χ4v) is 2.71. The van der Waals surface area contributed by atoms with E-state index in [0.717, 1.165) is 4.90 Å². The summed E-state index contributed by atoms with van der Waals surface area (Å²) in [4.78, 5) is 12.8. The molecule has 1 aromatic rings. The van der Waals surface area contributed by atoms with Crippen LogP contribution in [0.1, 0.15) is 12.0 Å². The highest BCUT2D eigenvalue weighted by Crippen LogP contribution is 2.28. The van der Waals surface area contributed by atoms with Gasteiger partial charge in [0.15, 0.2) is 0 Å². The van der Waals surface area contributed by atoms with Gasteiger partial charge in [-0.05, 0) is 18.2 Å². The van der Waals surface area contributed by atoms with Gasteiger partial charge in [0.05, 0.1) is 10.6 Å². The van der Waals surface area contributed by atoms with Crippen molar-refractivity contribution in [1.82, 2.24) is 0 Å². The van der Waals surface area contributed by atoms with E-state index in [4.69, 9.17) is 16.9 Å². The number of nitriles is 1. The maximum absolute atomic E-state index is 12.9. The molecule has 0 radical (unpaired) electrons. The summed E-state index contributed by atoms with van der Waals surface area (Å²) >= 11 is 5.76. The maximum Gasteiger partial charge on any atom is 0.307 e. The van der Waals surface area contributed by atoms with Gasteiger partial charge in [0.2, 0.25) is 5.91 Å². The lowest BCUT2D eigenvalue weighted by Gasteiger charge is -2.16. The lowest BCUT2D eigenvalue weighted by atomic mass is 10.2. The molecule has 1 aromatic carbocycles. The predicted octanol–water partition coefficient (Wildman–Crippen LogP) is 1.62. The summed E-state index contributed by atoms with van der Waals surface area (Å²) < 4.78 is 34.5. The molecule has 1 aliphatic rings. The van der Waals surface area contributed by atoms with Gasteiger partial charge in [0.1, 0.15) is 11.3 Å². The van der Waals surface area contributed by atoms with Gasteiger partial charge >= 0.3 is 10.2 Å². The summed E-state index contributed by atoms with van der Waals surface area (Å²) in [6.07, 6.45) is -0.399. The van der Waals surface area contributed by atoms with Crippen molar-refractivity contribution >= 4 is 33.4 Å². The van der Waals surface area contributed by atoms with Crippen LogP contribution in [-0.4, -0.2) is 26.1 Å². The molecule has 1 atom stereocenters. The molecule has 1 saturated heterocycles. The van der Waals surface area contributed by atoms with Crippen molar-refractivity contribution in [3.05, 3.63) is 28.8 Å². The molecule has 0 bridgehead atoms. The number of amides is 1. The molecular formula is C11H8ClFN2O3S. The zero-order valence-corrected chi connectivity index (χ0v) is 11.1. The first-order valence-electron chi connectivity index (χ1n) is 5.26. The monoisotopic (exact) mass is 302 g/mol. The number of benzene rings is 1. The highest BCUT2D eigenvalue weighted by Gasteiger charge is 2.39. The van der Waals surface area contributed by atoms with Crippen molar-refractivity contribution in [2.75, 3.05) is 11.4 Å². The molecule has 0 saturated carbocycles. The van der Waals surface area contributed by atoms with E-state index in [1.165, 1.54) is 18.2 Å². The van der Waals surface area contributed by atoms with Crippen LogP contribution in [0.2, 0.25) is 5.02 Å². The summed E-state index contributed by atoms with van der Waals surface area (Å²) in [5.41, 5.74) is 0.496. The molecule has 1 aliphatic heterocycles. The summed E-state index contributed by atoms with van der Waals surface area (Å²) in [5.74, 6) is -0.502. The van der Waals surface area contributed by atoms with Crippen LogP contribution < -0.4 is 4.90 Å². The van der Waals surface area contributed by atoms with Crippen LogP contribution in [0.3, 0.4) is 0 Å². The minimum absolute atomic E-state index is 0.165. The third-order valence-electron chi connectivity index (χ3n) is 2.87. The van der Waals surface area contributed by atoms with E-state index in [9.17, 15) is 17.1 Å². The molecule has 1 amide bonds. The number of nitrogens with zero attached hydrogens (tertiary/aromatic N) is 2. The van der Waals surface area contributed by atoms with E-state index in [1.807, 2.05) is 6.07 Å². The second kappa shape index (κ2) is 4.79. The molecule has 0 aliphatic carbocycles. The number of rotatable bonds is 2. The van der Waals surface area contributed by atoms with E-state index in [-0.39, 0.29) is 17.1 Å². The van der Waals surface area contributed by atoms with Crippen LogP contribution in [0.5, 0.6) is 0 Å². The summed E-state index contributed by atoms with van der Waals surface area (Å²) in [7, 11) is -4.75. The number of carbonyl (C=O) groups is 1. The van der Waals surface area contributed by atoms with Crippen LogP contribution in [0, 0.1) is 11.3 Å². The van der Waals surface area contributed by atoms with Crippen molar-refractivity contribution in [2.24, 2.45) is 0 Å². The largest absolute Gasteiger partial charge is 0.311 e. The predicted molar refractivity (Wildman–Crippen MR) is 67.0 cm³/mol. The lowest BCUT2D eigenvalue weighted by molar-refractivity contribution is -0.117. The zero-order chi connectivity index (χ0) is 14.2. The highest BCUT2D eigenvalue weighted by atomic mass is 35.5. The van der Waals surface area contributed by atoms with Crippen LogP contribution >= 0.6 is 11.6 Å². The van der Waals surface area contributed by atoms with Crippen LogP contribution in [-0.2, 0) is 15.0 Å². The van der Waals surface area contributed by atoms with Crippen molar-refractivity contribution in [1.29, 1.82) is 5.26 Å². The van der Waals surface area contributed by atoms with Gasteiger partial charge in [0, 0.05) is 18.7 Å². The average molecular weight is 303 g/mol. The standard InChI is InChI=1S/C11H8ClFN2O3S/c12-10-2-1-8(3-7(10)5-14)15-6-9(4-11(15)16)19(13,17)18/h1-3,9H,4,6H2. The second-order valence-electron chi connectivity index (χ2n) is 4.08. The summed E-state index contributed by atoms with van der Waals surface area (Å²) in [5, 5.41) is 7.71. The van der Waals surface area contributed by atoms with Gasteiger partial charge in [-0.15, -0.1) is 3.89 Å². The number of hydrogen-bond donors (Lipinski definition) is 0. The first-order valence-corrected chi connectivity index (χ1v) is 7.09. The third-order valence-corrected chi connectivity index (χ3v) is 4.31.